The smallest absolute Gasteiger partial charge is 0.255 e. The summed E-state index contributed by atoms with van der Waals surface area (Å²) in [6.07, 6.45) is 3.74. The topological polar surface area (TPSA) is 32.3 Å². The van der Waals surface area contributed by atoms with E-state index in [-0.39, 0.29) is 5.91 Å². The van der Waals surface area contributed by atoms with E-state index in [0.29, 0.717) is 17.3 Å². The van der Waals surface area contributed by atoms with Gasteiger partial charge in [-0.15, -0.1) is 0 Å². The summed E-state index contributed by atoms with van der Waals surface area (Å²) in [7, 11) is 0. The van der Waals surface area contributed by atoms with Gasteiger partial charge in [0.2, 0.25) is 0 Å². The predicted molar refractivity (Wildman–Crippen MR) is 91.5 cm³/mol. The normalized spacial score (nSPS) is 17.8. The summed E-state index contributed by atoms with van der Waals surface area (Å²) in [6, 6.07) is 14.1. The van der Waals surface area contributed by atoms with Crippen LogP contribution < -0.4 is 10.2 Å². The number of nitrogens with one attached hydrogen (secondary N) is 1. The molecule has 2 aromatic carbocycles. The van der Waals surface area contributed by atoms with Gasteiger partial charge in [-0.05, 0) is 68.7 Å². The summed E-state index contributed by atoms with van der Waals surface area (Å²) < 4.78 is 13.2. The molecule has 23 heavy (non-hydrogen) atoms. The van der Waals surface area contributed by atoms with Crippen molar-refractivity contribution >= 4 is 17.3 Å². The maximum absolute atomic E-state index is 13.2. The Balaban J connectivity index is 1.69. The molecule has 1 aliphatic rings. The maximum Gasteiger partial charge on any atom is 0.255 e. The van der Waals surface area contributed by atoms with Crippen LogP contribution >= 0.6 is 0 Å². The maximum atomic E-state index is 13.2. The Morgan fingerprint density at radius 1 is 1.17 bits per heavy atom. The summed E-state index contributed by atoms with van der Waals surface area (Å²) >= 11 is 0. The Morgan fingerprint density at radius 3 is 2.65 bits per heavy atom. The monoisotopic (exact) mass is 312 g/mol. The molecule has 0 radical (unpaired) electrons. The number of amides is 1. The number of benzene rings is 2. The molecule has 4 heteroatoms. The molecule has 1 heterocycles. The molecule has 0 saturated carbocycles. The second-order valence-electron chi connectivity index (χ2n) is 6.05. The number of hydrogen-bond acceptors (Lipinski definition) is 2. The highest BCUT2D eigenvalue weighted by Gasteiger charge is 2.18. The molecule has 1 atom stereocenters. The zero-order chi connectivity index (χ0) is 16.2. The standard InChI is InChI=1S/C19H21FN2O/c1-14-5-2-3-12-22(14)18-10-8-17(9-11-18)21-19(23)15-6-4-7-16(20)13-15/h4,6-11,13-14H,2-3,5,12H2,1H3,(H,21,23)/t14-/m1/s1. The Morgan fingerprint density at radius 2 is 1.96 bits per heavy atom. The number of piperidine rings is 1. The molecule has 120 valence electrons. The number of carbonyl (C=O) groups excluding carboxylic acids is 1. The van der Waals surface area contributed by atoms with Crippen molar-refractivity contribution in [2.24, 2.45) is 0 Å². The summed E-state index contributed by atoms with van der Waals surface area (Å²) in [6.45, 7) is 3.33. The van der Waals surface area contributed by atoms with Crippen molar-refractivity contribution in [3.8, 4) is 0 Å². The lowest BCUT2D eigenvalue weighted by molar-refractivity contribution is 0.102. The lowest BCUT2D eigenvalue weighted by Gasteiger charge is -2.35. The van der Waals surface area contributed by atoms with Crippen molar-refractivity contribution < 1.29 is 9.18 Å². The minimum Gasteiger partial charge on any atom is -0.369 e. The van der Waals surface area contributed by atoms with Gasteiger partial charge >= 0.3 is 0 Å². The molecule has 0 bridgehead atoms. The number of nitrogens with zero attached hydrogens (tertiary/aromatic N) is 1. The second-order valence-corrected chi connectivity index (χ2v) is 6.05. The summed E-state index contributed by atoms with van der Waals surface area (Å²) in [5.74, 6) is -0.712. The summed E-state index contributed by atoms with van der Waals surface area (Å²) in [4.78, 5) is 14.5. The number of anilines is 2. The van der Waals surface area contributed by atoms with Gasteiger partial charge in [0.15, 0.2) is 0 Å². The number of rotatable bonds is 3. The van der Waals surface area contributed by atoms with Gasteiger partial charge in [0.1, 0.15) is 5.82 Å². The molecule has 1 aliphatic heterocycles. The third-order valence-corrected chi connectivity index (χ3v) is 4.35. The van der Waals surface area contributed by atoms with Crippen LogP contribution in [-0.2, 0) is 0 Å². The highest BCUT2D eigenvalue weighted by molar-refractivity contribution is 6.04. The second kappa shape index (κ2) is 6.82. The van der Waals surface area contributed by atoms with Gasteiger partial charge in [0.05, 0.1) is 0 Å². The Bertz CT molecular complexity index is 684. The van der Waals surface area contributed by atoms with E-state index in [0.717, 1.165) is 6.54 Å². The van der Waals surface area contributed by atoms with Crippen LogP contribution in [0.1, 0.15) is 36.5 Å². The van der Waals surface area contributed by atoms with Crippen LogP contribution in [0.5, 0.6) is 0 Å². The molecular formula is C19H21FN2O. The number of hydrogen-bond donors (Lipinski definition) is 1. The first-order valence-electron chi connectivity index (χ1n) is 8.07. The predicted octanol–water partition coefficient (Wildman–Crippen LogP) is 4.46. The minimum absolute atomic E-state index is 0.302. The molecule has 3 nitrogen and oxygen atoms in total. The summed E-state index contributed by atoms with van der Waals surface area (Å²) in [5.41, 5.74) is 2.22. The van der Waals surface area contributed by atoms with E-state index in [4.69, 9.17) is 0 Å². The zero-order valence-corrected chi connectivity index (χ0v) is 13.3. The molecule has 1 N–H and O–H groups in total. The van der Waals surface area contributed by atoms with Crippen LogP contribution in [0.3, 0.4) is 0 Å². The Labute approximate surface area is 136 Å². The first kappa shape index (κ1) is 15.5. The summed E-state index contributed by atoms with van der Waals surface area (Å²) in [5, 5.41) is 2.80. The van der Waals surface area contributed by atoms with Crippen LogP contribution in [-0.4, -0.2) is 18.5 Å². The zero-order valence-electron chi connectivity index (χ0n) is 13.3. The van der Waals surface area contributed by atoms with E-state index in [1.807, 2.05) is 24.3 Å². The van der Waals surface area contributed by atoms with Gasteiger partial charge in [0.25, 0.3) is 5.91 Å². The van der Waals surface area contributed by atoms with E-state index in [9.17, 15) is 9.18 Å². The fraction of sp³-hybridized carbons (Fsp3) is 0.316. The van der Waals surface area contributed by atoms with Crippen LogP contribution in [0.15, 0.2) is 48.5 Å². The first-order chi connectivity index (χ1) is 11.1. The molecule has 3 rings (SSSR count). The highest BCUT2D eigenvalue weighted by Crippen LogP contribution is 2.25. The van der Waals surface area contributed by atoms with Gasteiger partial charge in [-0.2, -0.15) is 0 Å². The minimum atomic E-state index is -0.410. The van der Waals surface area contributed by atoms with Crippen molar-refractivity contribution in [1.29, 1.82) is 0 Å². The average Bonchev–Trinajstić information content (AvgIpc) is 2.56. The molecule has 1 saturated heterocycles. The molecule has 1 amide bonds. The van der Waals surface area contributed by atoms with Crippen LogP contribution in [0, 0.1) is 5.82 Å². The number of carbonyl (C=O) groups is 1. The number of halogens is 1. The molecular weight excluding hydrogens is 291 g/mol. The van der Waals surface area contributed by atoms with Crippen molar-refractivity contribution in [2.75, 3.05) is 16.8 Å². The molecule has 2 aromatic rings. The van der Waals surface area contributed by atoms with E-state index in [1.54, 1.807) is 6.07 Å². The lowest BCUT2D eigenvalue weighted by atomic mass is 10.0. The van der Waals surface area contributed by atoms with Crippen molar-refractivity contribution in [2.45, 2.75) is 32.2 Å². The van der Waals surface area contributed by atoms with Crippen LogP contribution in [0.25, 0.3) is 0 Å². The fourth-order valence-corrected chi connectivity index (χ4v) is 3.05. The highest BCUT2D eigenvalue weighted by atomic mass is 19.1. The quantitative estimate of drug-likeness (QED) is 0.907. The third kappa shape index (κ3) is 3.70. The fourth-order valence-electron chi connectivity index (χ4n) is 3.05. The molecule has 0 aliphatic carbocycles. The Hall–Kier alpha value is -2.36. The average molecular weight is 312 g/mol. The van der Waals surface area contributed by atoms with E-state index >= 15 is 0 Å². The van der Waals surface area contributed by atoms with E-state index in [1.165, 1.54) is 43.1 Å². The van der Waals surface area contributed by atoms with Gasteiger partial charge in [0, 0.05) is 29.5 Å². The van der Waals surface area contributed by atoms with Gasteiger partial charge in [-0.25, -0.2) is 4.39 Å². The van der Waals surface area contributed by atoms with Gasteiger partial charge in [-0.1, -0.05) is 6.07 Å². The Kier molecular flexibility index (Phi) is 4.60. The molecule has 1 fully saturated rings. The molecule has 0 aromatic heterocycles. The van der Waals surface area contributed by atoms with Crippen LogP contribution in [0.4, 0.5) is 15.8 Å². The van der Waals surface area contributed by atoms with E-state index in [2.05, 4.69) is 17.1 Å². The van der Waals surface area contributed by atoms with Crippen molar-refractivity contribution in [1.82, 2.24) is 0 Å². The largest absolute Gasteiger partial charge is 0.369 e. The molecule has 0 spiro atoms. The van der Waals surface area contributed by atoms with Crippen molar-refractivity contribution in [3.05, 3.63) is 59.9 Å². The third-order valence-electron chi connectivity index (χ3n) is 4.35. The first-order valence-corrected chi connectivity index (χ1v) is 8.07. The van der Waals surface area contributed by atoms with Gasteiger partial charge in [-0.3, -0.25) is 4.79 Å². The van der Waals surface area contributed by atoms with Crippen molar-refractivity contribution in [3.63, 3.8) is 0 Å². The van der Waals surface area contributed by atoms with Gasteiger partial charge < -0.3 is 10.2 Å². The lowest BCUT2D eigenvalue weighted by Crippen LogP contribution is -2.37. The molecule has 0 unspecified atom stereocenters. The van der Waals surface area contributed by atoms with E-state index < -0.39 is 5.82 Å². The SMILES string of the molecule is C[C@@H]1CCCCN1c1ccc(NC(=O)c2cccc(F)c2)cc1. The van der Waals surface area contributed by atoms with Crippen LogP contribution in [0.2, 0.25) is 0 Å².